The summed E-state index contributed by atoms with van der Waals surface area (Å²) in [6, 6.07) is 9.14. The number of aromatic nitrogens is 3. The maximum Gasteiger partial charge on any atom is 0.316 e. The number of hydrogen-bond donors (Lipinski definition) is 3. The summed E-state index contributed by atoms with van der Waals surface area (Å²) in [4.78, 5) is 15.2. The first-order chi connectivity index (χ1) is 12.6. The number of carbonyl (C=O) groups excluding carboxylic acids is 1. The van der Waals surface area contributed by atoms with Gasteiger partial charge in [-0.3, -0.25) is 0 Å². The monoisotopic (exact) mass is 350 g/mol. The molecule has 0 aliphatic heterocycles. The smallest absolute Gasteiger partial charge is 0.316 e. The summed E-state index contributed by atoms with van der Waals surface area (Å²) in [5.74, 6) is 0.964. The van der Waals surface area contributed by atoms with E-state index in [-0.39, 0.29) is 0 Å². The summed E-state index contributed by atoms with van der Waals surface area (Å²) in [7, 11) is 0. The molecular formula is C19H22N6O. The van der Waals surface area contributed by atoms with Crippen molar-refractivity contribution in [1.29, 1.82) is 0 Å². The van der Waals surface area contributed by atoms with Gasteiger partial charge in [0.05, 0.1) is 0 Å². The average molecular weight is 350 g/mol. The van der Waals surface area contributed by atoms with E-state index in [1.54, 1.807) is 0 Å². The van der Waals surface area contributed by atoms with E-state index in [0.29, 0.717) is 17.4 Å². The molecule has 1 fully saturated rings. The molecule has 4 rings (SSSR count). The number of urea groups is 1. The fourth-order valence-corrected chi connectivity index (χ4v) is 3.88. The number of nitrogen functional groups attached to an aromatic ring is 1. The highest BCUT2D eigenvalue weighted by Gasteiger charge is 2.23. The summed E-state index contributed by atoms with van der Waals surface area (Å²) in [6.45, 7) is 0. The molecule has 1 aliphatic rings. The van der Waals surface area contributed by atoms with Gasteiger partial charge in [-0.1, -0.05) is 31.4 Å². The lowest BCUT2D eigenvalue weighted by molar-refractivity contribution is 0.259. The van der Waals surface area contributed by atoms with Gasteiger partial charge in [-0.05, 0) is 36.6 Å². The van der Waals surface area contributed by atoms with Crippen LogP contribution >= 0.6 is 0 Å². The third-order valence-electron chi connectivity index (χ3n) is 5.10. The number of carbonyl (C=O) groups is 1. The lowest BCUT2D eigenvalue weighted by Crippen LogP contribution is -2.19. The van der Waals surface area contributed by atoms with Gasteiger partial charge in [-0.2, -0.15) is 5.10 Å². The van der Waals surface area contributed by atoms with E-state index in [4.69, 9.17) is 11.5 Å². The molecule has 1 saturated carbocycles. The zero-order chi connectivity index (χ0) is 18.1. The molecule has 7 heteroatoms. The number of amides is 2. The Hall–Kier alpha value is -3.09. The summed E-state index contributed by atoms with van der Waals surface area (Å²) in [5, 5.41) is 7.05. The number of primary amides is 1. The second-order valence-electron chi connectivity index (χ2n) is 6.79. The van der Waals surface area contributed by atoms with Crippen LogP contribution in [0, 0.1) is 0 Å². The van der Waals surface area contributed by atoms with Crippen LogP contribution < -0.4 is 16.8 Å². The SMILES string of the molecule is NC(=O)Nc1ccc(-c2cc(C3CCCCC3)n3ncnc(N)c23)cc1. The maximum atomic E-state index is 11.0. The molecule has 1 aromatic carbocycles. The Labute approximate surface area is 151 Å². The van der Waals surface area contributed by atoms with Crippen molar-refractivity contribution in [1.82, 2.24) is 14.6 Å². The van der Waals surface area contributed by atoms with Gasteiger partial charge in [-0.25, -0.2) is 14.3 Å². The van der Waals surface area contributed by atoms with Crippen molar-refractivity contribution in [3.63, 3.8) is 0 Å². The van der Waals surface area contributed by atoms with Crippen LogP contribution in [-0.2, 0) is 0 Å². The number of hydrogen-bond acceptors (Lipinski definition) is 4. The molecule has 0 spiro atoms. The molecule has 0 saturated heterocycles. The molecule has 0 unspecified atom stereocenters. The van der Waals surface area contributed by atoms with Crippen LogP contribution in [0.15, 0.2) is 36.7 Å². The highest BCUT2D eigenvalue weighted by molar-refractivity contribution is 5.91. The molecule has 2 amide bonds. The number of anilines is 2. The highest BCUT2D eigenvalue weighted by Crippen LogP contribution is 2.38. The number of nitrogens with zero attached hydrogens (tertiary/aromatic N) is 3. The van der Waals surface area contributed by atoms with Crippen molar-refractivity contribution in [3.8, 4) is 11.1 Å². The molecule has 0 bridgehead atoms. The lowest BCUT2D eigenvalue weighted by atomic mass is 9.87. The van der Waals surface area contributed by atoms with Crippen molar-refractivity contribution < 1.29 is 4.79 Å². The second-order valence-corrected chi connectivity index (χ2v) is 6.79. The Morgan fingerprint density at radius 1 is 1.15 bits per heavy atom. The van der Waals surface area contributed by atoms with Gasteiger partial charge in [0.1, 0.15) is 11.8 Å². The fourth-order valence-electron chi connectivity index (χ4n) is 3.88. The predicted molar refractivity (Wildman–Crippen MR) is 102 cm³/mol. The fraction of sp³-hybridized carbons (Fsp3) is 0.316. The van der Waals surface area contributed by atoms with E-state index in [0.717, 1.165) is 16.6 Å². The summed E-state index contributed by atoms with van der Waals surface area (Å²) in [6.07, 6.45) is 7.67. The molecule has 2 aromatic heterocycles. The van der Waals surface area contributed by atoms with Crippen molar-refractivity contribution in [2.75, 3.05) is 11.1 Å². The minimum atomic E-state index is -0.579. The molecule has 26 heavy (non-hydrogen) atoms. The van der Waals surface area contributed by atoms with Crippen LogP contribution in [0.1, 0.15) is 43.7 Å². The van der Waals surface area contributed by atoms with Crippen LogP contribution in [0.25, 0.3) is 16.6 Å². The van der Waals surface area contributed by atoms with Crippen LogP contribution in [0.5, 0.6) is 0 Å². The zero-order valence-corrected chi connectivity index (χ0v) is 14.5. The van der Waals surface area contributed by atoms with E-state index >= 15 is 0 Å². The van der Waals surface area contributed by atoms with Gasteiger partial charge in [0.25, 0.3) is 0 Å². The number of benzene rings is 1. The van der Waals surface area contributed by atoms with Crippen LogP contribution in [-0.4, -0.2) is 20.6 Å². The zero-order valence-electron chi connectivity index (χ0n) is 14.5. The van der Waals surface area contributed by atoms with Crippen molar-refractivity contribution >= 4 is 23.1 Å². The Morgan fingerprint density at radius 2 is 1.88 bits per heavy atom. The highest BCUT2D eigenvalue weighted by atomic mass is 16.2. The quantitative estimate of drug-likeness (QED) is 0.671. The van der Waals surface area contributed by atoms with E-state index < -0.39 is 6.03 Å². The third-order valence-corrected chi connectivity index (χ3v) is 5.10. The molecule has 2 heterocycles. The number of rotatable bonds is 3. The molecule has 1 aliphatic carbocycles. The Balaban J connectivity index is 1.80. The number of nitrogens with one attached hydrogen (secondary N) is 1. The first-order valence-electron chi connectivity index (χ1n) is 8.92. The van der Waals surface area contributed by atoms with E-state index in [2.05, 4.69) is 21.5 Å². The van der Waals surface area contributed by atoms with Crippen molar-refractivity contribution in [2.24, 2.45) is 5.73 Å². The second kappa shape index (κ2) is 6.67. The van der Waals surface area contributed by atoms with Gasteiger partial charge >= 0.3 is 6.03 Å². The molecule has 134 valence electrons. The van der Waals surface area contributed by atoms with Gasteiger partial charge in [0, 0.05) is 22.9 Å². The van der Waals surface area contributed by atoms with Crippen LogP contribution in [0.2, 0.25) is 0 Å². The Morgan fingerprint density at radius 3 is 2.58 bits per heavy atom. The standard InChI is InChI=1S/C19H22N6O/c20-18-17-15(12-6-8-14(9-7-12)24-19(21)26)10-16(25(17)23-11-22-18)13-4-2-1-3-5-13/h6-11,13H,1-5H2,(H2,20,22,23)(H3,21,24,26). The van der Waals surface area contributed by atoms with E-state index in [1.807, 2.05) is 28.8 Å². The van der Waals surface area contributed by atoms with Gasteiger partial charge < -0.3 is 16.8 Å². The summed E-state index contributed by atoms with van der Waals surface area (Å²) < 4.78 is 1.95. The van der Waals surface area contributed by atoms with Crippen molar-refractivity contribution in [3.05, 3.63) is 42.4 Å². The summed E-state index contributed by atoms with van der Waals surface area (Å²) >= 11 is 0. The average Bonchev–Trinajstić information content (AvgIpc) is 3.04. The van der Waals surface area contributed by atoms with Crippen molar-refractivity contribution in [2.45, 2.75) is 38.0 Å². The Kier molecular flexibility index (Phi) is 4.20. The molecule has 3 aromatic rings. The Bertz CT molecular complexity index is 941. The minimum absolute atomic E-state index is 0.469. The van der Waals surface area contributed by atoms with E-state index in [9.17, 15) is 4.79 Å². The molecule has 7 nitrogen and oxygen atoms in total. The maximum absolute atomic E-state index is 11.0. The van der Waals surface area contributed by atoms with E-state index in [1.165, 1.54) is 44.1 Å². The van der Waals surface area contributed by atoms with Gasteiger partial charge in [0.2, 0.25) is 0 Å². The van der Waals surface area contributed by atoms with Crippen LogP contribution in [0.3, 0.4) is 0 Å². The topological polar surface area (TPSA) is 111 Å². The summed E-state index contributed by atoms with van der Waals surface area (Å²) in [5.41, 5.74) is 16.1. The molecular weight excluding hydrogens is 328 g/mol. The molecule has 5 N–H and O–H groups in total. The number of fused-ring (bicyclic) bond motifs is 1. The first-order valence-corrected chi connectivity index (χ1v) is 8.92. The van der Waals surface area contributed by atoms with Gasteiger partial charge in [-0.15, -0.1) is 0 Å². The predicted octanol–water partition coefficient (Wildman–Crippen LogP) is 3.52. The number of nitrogens with two attached hydrogens (primary N) is 2. The normalized spacial score (nSPS) is 15.2. The first kappa shape index (κ1) is 16.4. The lowest BCUT2D eigenvalue weighted by Gasteiger charge is -2.21. The van der Waals surface area contributed by atoms with Crippen LogP contribution in [0.4, 0.5) is 16.3 Å². The largest absolute Gasteiger partial charge is 0.382 e. The van der Waals surface area contributed by atoms with Gasteiger partial charge in [0.15, 0.2) is 5.82 Å². The third kappa shape index (κ3) is 2.96. The molecule has 0 radical (unpaired) electrons. The minimum Gasteiger partial charge on any atom is -0.382 e. The molecule has 0 atom stereocenters.